The first-order chi connectivity index (χ1) is 21.0. The second kappa shape index (κ2) is 15.2. The minimum absolute atomic E-state index is 0.0607. The fraction of sp³-hybridized carbons (Fsp3) is 0.594. The number of hydrogen-bond acceptors (Lipinski definition) is 8. The second-order valence-electron chi connectivity index (χ2n) is 12.6. The Labute approximate surface area is 259 Å². The average molecular weight is 610 g/mol. The Kier molecular flexibility index (Phi) is 11.4. The molecule has 3 aliphatic rings. The van der Waals surface area contributed by atoms with Crippen molar-refractivity contribution < 1.29 is 23.9 Å². The van der Waals surface area contributed by atoms with Crippen molar-refractivity contribution in [2.24, 2.45) is 16.6 Å². The predicted octanol–water partition coefficient (Wildman–Crippen LogP) is 2.66. The van der Waals surface area contributed by atoms with Crippen molar-refractivity contribution in [1.29, 1.82) is 0 Å². The fourth-order valence-electron chi connectivity index (χ4n) is 5.75. The lowest BCUT2D eigenvalue weighted by Gasteiger charge is -2.38. The van der Waals surface area contributed by atoms with E-state index in [2.05, 4.69) is 20.9 Å². The van der Waals surface area contributed by atoms with Crippen LogP contribution >= 0.6 is 0 Å². The number of benzene rings is 1. The number of amides is 4. The maximum atomic E-state index is 13.2. The van der Waals surface area contributed by atoms with Gasteiger partial charge in [-0.3, -0.25) is 24.7 Å². The molecular weight excluding hydrogens is 562 g/mol. The normalized spacial score (nSPS) is 22.2. The van der Waals surface area contributed by atoms with Crippen molar-refractivity contribution in [3.63, 3.8) is 0 Å². The van der Waals surface area contributed by atoms with Crippen molar-refractivity contribution >= 4 is 35.7 Å². The van der Waals surface area contributed by atoms with Crippen LogP contribution < -0.4 is 21.7 Å². The Morgan fingerprint density at radius 2 is 1.73 bits per heavy atom. The van der Waals surface area contributed by atoms with Crippen molar-refractivity contribution in [1.82, 2.24) is 20.4 Å². The Bertz CT molecular complexity index is 1230. The second-order valence-corrected chi connectivity index (χ2v) is 12.6. The van der Waals surface area contributed by atoms with Gasteiger partial charge < -0.3 is 30.9 Å². The zero-order chi connectivity index (χ0) is 31.7. The van der Waals surface area contributed by atoms with Crippen molar-refractivity contribution in [3.05, 3.63) is 41.5 Å². The third-order valence-electron chi connectivity index (χ3n) is 8.15. The van der Waals surface area contributed by atoms with Crippen molar-refractivity contribution in [2.75, 3.05) is 44.6 Å². The number of carbonyl (C=O) groups is 4. The first-order valence-electron chi connectivity index (χ1n) is 15.6. The molecule has 12 heteroatoms. The third kappa shape index (κ3) is 9.54. The van der Waals surface area contributed by atoms with Gasteiger partial charge in [0.25, 0.3) is 5.91 Å². The summed E-state index contributed by atoms with van der Waals surface area (Å²) >= 11 is 0. The van der Waals surface area contributed by atoms with E-state index in [1.54, 1.807) is 21.9 Å². The number of piperidine rings is 1. The maximum Gasteiger partial charge on any atom is 0.407 e. The fourth-order valence-corrected chi connectivity index (χ4v) is 5.75. The highest BCUT2D eigenvalue weighted by Crippen LogP contribution is 2.27. The molecule has 0 saturated carbocycles. The number of aliphatic imine (C=N–C) groups is 1. The van der Waals surface area contributed by atoms with E-state index in [4.69, 9.17) is 10.5 Å². The number of ether oxygens (including phenoxy) is 1. The summed E-state index contributed by atoms with van der Waals surface area (Å²) in [5.74, 6) is -0.704. The standard InChI is InChI=1S/C32H47N7O5/c1-32(2,3)44-31(43)35-15-5-4-6-27(40)38-18-20-39(21-19-38)30(42)23-7-9-24(10-8-23)36-29-25(28(33)41)11-12-26(37-29)22-13-16-34-17-14-22/h7-10,13,16,25-26,29,36-37H,4-6,11-12,14-15,17-21H2,1-3H3,(H2,33,41)(H,35,43). The van der Waals surface area contributed by atoms with Crippen LogP contribution in [0.25, 0.3) is 0 Å². The van der Waals surface area contributed by atoms with E-state index < -0.39 is 11.7 Å². The number of nitrogens with zero attached hydrogens (tertiary/aromatic N) is 3. The van der Waals surface area contributed by atoms with Gasteiger partial charge in [-0.15, -0.1) is 0 Å². The van der Waals surface area contributed by atoms with Crippen LogP contribution in [0.15, 0.2) is 40.9 Å². The molecule has 3 heterocycles. The van der Waals surface area contributed by atoms with E-state index in [1.807, 2.05) is 45.2 Å². The number of nitrogens with one attached hydrogen (secondary N) is 3. The van der Waals surface area contributed by atoms with Crippen LogP contribution in [0, 0.1) is 5.92 Å². The third-order valence-corrected chi connectivity index (χ3v) is 8.15. The molecule has 44 heavy (non-hydrogen) atoms. The highest BCUT2D eigenvalue weighted by Gasteiger charge is 2.35. The summed E-state index contributed by atoms with van der Waals surface area (Å²) in [6.45, 7) is 8.59. The molecule has 3 atom stereocenters. The van der Waals surface area contributed by atoms with E-state index >= 15 is 0 Å². The minimum Gasteiger partial charge on any atom is -0.444 e. The molecule has 0 radical (unpaired) electrons. The summed E-state index contributed by atoms with van der Waals surface area (Å²) in [4.78, 5) is 57.6. The lowest BCUT2D eigenvalue weighted by atomic mass is 9.86. The van der Waals surface area contributed by atoms with Crippen LogP contribution in [-0.2, 0) is 14.3 Å². The monoisotopic (exact) mass is 609 g/mol. The minimum atomic E-state index is -0.540. The van der Waals surface area contributed by atoms with Crippen molar-refractivity contribution in [2.45, 2.75) is 77.1 Å². The number of carbonyl (C=O) groups excluding carboxylic acids is 4. The highest BCUT2D eigenvalue weighted by molar-refractivity contribution is 5.94. The molecule has 240 valence electrons. The number of dihydropyridines is 1. The molecule has 4 rings (SSSR count). The largest absolute Gasteiger partial charge is 0.444 e. The quantitative estimate of drug-likeness (QED) is 0.297. The van der Waals surface area contributed by atoms with Crippen LogP contribution in [-0.4, -0.2) is 96.9 Å². The maximum absolute atomic E-state index is 13.2. The number of allylic oxidation sites excluding steroid dienone is 1. The lowest BCUT2D eigenvalue weighted by molar-refractivity contribution is -0.132. The molecule has 0 bridgehead atoms. The molecule has 4 amide bonds. The molecule has 1 aromatic carbocycles. The number of piperazine rings is 1. The molecule has 2 fully saturated rings. The number of anilines is 1. The van der Waals surface area contributed by atoms with Gasteiger partial charge in [0.05, 0.1) is 12.1 Å². The predicted molar refractivity (Wildman–Crippen MR) is 169 cm³/mol. The van der Waals surface area contributed by atoms with Crippen molar-refractivity contribution in [3.8, 4) is 0 Å². The summed E-state index contributed by atoms with van der Waals surface area (Å²) in [5.41, 5.74) is 7.83. The summed E-state index contributed by atoms with van der Waals surface area (Å²) in [6.07, 6.45) is 7.29. The summed E-state index contributed by atoms with van der Waals surface area (Å²) in [6, 6.07) is 7.42. The van der Waals surface area contributed by atoms with Gasteiger partial charge in [-0.2, -0.15) is 0 Å². The SMILES string of the molecule is CC(C)(C)OC(=O)NCCCCC(=O)N1CCN(C(=O)c2ccc(NC3NC(C4=CC=NCC4)CCC3C(N)=O)cc2)CC1. The molecule has 3 aliphatic heterocycles. The zero-order valence-corrected chi connectivity index (χ0v) is 26.1. The van der Waals surface area contributed by atoms with E-state index in [9.17, 15) is 19.2 Å². The van der Waals surface area contributed by atoms with Crippen LogP contribution in [0.2, 0.25) is 0 Å². The molecule has 2 saturated heterocycles. The van der Waals surface area contributed by atoms with E-state index in [0.29, 0.717) is 64.0 Å². The van der Waals surface area contributed by atoms with E-state index in [1.165, 1.54) is 5.57 Å². The first kappa shape index (κ1) is 33.0. The number of primary amides is 1. The number of nitrogens with two attached hydrogens (primary N) is 1. The molecule has 5 N–H and O–H groups in total. The van der Waals surface area contributed by atoms with Gasteiger partial charge in [-0.25, -0.2) is 4.79 Å². The number of unbranched alkanes of at least 4 members (excludes halogenated alkanes) is 1. The van der Waals surface area contributed by atoms with E-state index in [0.717, 1.165) is 25.1 Å². The lowest BCUT2D eigenvalue weighted by Crippen LogP contribution is -2.55. The topological polar surface area (TPSA) is 158 Å². The van der Waals surface area contributed by atoms with Gasteiger partial charge >= 0.3 is 6.09 Å². The van der Waals surface area contributed by atoms with Crippen LogP contribution in [0.3, 0.4) is 0 Å². The molecule has 3 unspecified atom stereocenters. The van der Waals surface area contributed by atoms with Gasteiger partial charge in [0.1, 0.15) is 5.60 Å². The summed E-state index contributed by atoms with van der Waals surface area (Å²) < 4.78 is 5.21. The van der Waals surface area contributed by atoms with Gasteiger partial charge in [0.2, 0.25) is 11.8 Å². The van der Waals surface area contributed by atoms with Crippen LogP contribution in [0.5, 0.6) is 0 Å². The van der Waals surface area contributed by atoms with E-state index in [-0.39, 0.29) is 35.8 Å². The van der Waals surface area contributed by atoms with Gasteiger partial charge in [0, 0.05) is 69.2 Å². The van der Waals surface area contributed by atoms with Gasteiger partial charge in [-0.05, 0) is 88.8 Å². The average Bonchev–Trinajstić information content (AvgIpc) is 3.00. The van der Waals surface area contributed by atoms with Gasteiger partial charge in [0.15, 0.2) is 0 Å². The van der Waals surface area contributed by atoms with Crippen LogP contribution in [0.4, 0.5) is 10.5 Å². The van der Waals surface area contributed by atoms with Crippen LogP contribution in [0.1, 0.15) is 69.7 Å². The molecule has 0 aromatic heterocycles. The van der Waals surface area contributed by atoms with Gasteiger partial charge in [-0.1, -0.05) is 0 Å². The Hall–Kier alpha value is -3.93. The Morgan fingerprint density at radius 1 is 1.02 bits per heavy atom. The number of alkyl carbamates (subject to hydrolysis) is 1. The molecule has 1 aromatic rings. The zero-order valence-electron chi connectivity index (χ0n) is 26.1. The number of rotatable bonds is 10. The highest BCUT2D eigenvalue weighted by atomic mass is 16.6. The summed E-state index contributed by atoms with van der Waals surface area (Å²) in [5, 5.41) is 9.69. The molecular formula is C32H47N7O5. The summed E-state index contributed by atoms with van der Waals surface area (Å²) in [7, 11) is 0. The Morgan fingerprint density at radius 3 is 2.36 bits per heavy atom. The molecule has 0 aliphatic carbocycles. The smallest absolute Gasteiger partial charge is 0.407 e. The number of hydrogen-bond donors (Lipinski definition) is 4. The first-order valence-corrected chi connectivity index (χ1v) is 15.6. The molecule has 0 spiro atoms. The molecule has 12 nitrogen and oxygen atoms in total. The Balaban J connectivity index is 1.20.